The molecule has 4 atom stereocenters. The lowest BCUT2D eigenvalue weighted by atomic mass is 9.85. The maximum atomic E-state index is 13.0. The first kappa shape index (κ1) is 18.1. The zero-order valence-electron chi connectivity index (χ0n) is 15.7. The van der Waals surface area contributed by atoms with Gasteiger partial charge in [0.25, 0.3) is 11.8 Å². The van der Waals surface area contributed by atoms with E-state index >= 15 is 0 Å². The molecule has 146 valence electrons. The molecule has 3 aliphatic carbocycles. The van der Waals surface area contributed by atoms with Crippen molar-refractivity contribution in [1.29, 1.82) is 0 Å². The minimum absolute atomic E-state index is 0.150. The monoisotopic (exact) mass is 492 g/mol. The van der Waals surface area contributed by atoms with Crippen molar-refractivity contribution in [3.63, 3.8) is 0 Å². The molecule has 2 amide bonds. The van der Waals surface area contributed by atoms with E-state index < -0.39 is 0 Å². The minimum Gasteiger partial charge on any atom is -0.492 e. The average Bonchev–Trinajstić information content (AvgIpc) is 3.27. The molecule has 1 aromatic carbocycles. The molecule has 1 aliphatic heterocycles. The first-order chi connectivity index (χ1) is 13.5. The number of ether oxygens (including phenoxy) is 2. The summed E-state index contributed by atoms with van der Waals surface area (Å²) in [5, 5.41) is 5.37. The summed E-state index contributed by atoms with van der Waals surface area (Å²) in [5.74, 6) is 0.961. The molecule has 1 heterocycles. The molecule has 4 aliphatic rings. The maximum Gasteiger partial charge on any atom is 0.254 e. The van der Waals surface area contributed by atoms with Gasteiger partial charge in [-0.05, 0) is 77.3 Å². The van der Waals surface area contributed by atoms with Crippen molar-refractivity contribution in [3.05, 3.63) is 33.4 Å². The highest BCUT2D eigenvalue weighted by Gasteiger charge is 2.73. The fraction of sp³-hybridized carbons (Fsp3) is 0.476. The van der Waals surface area contributed by atoms with Crippen LogP contribution < -0.4 is 9.47 Å². The predicted octanol–water partition coefficient (Wildman–Crippen LogP) is 3.23. The molecule has 6 nitrogen and oxygen atoms in total. The second-order valence-corrected chi connectivity index (χ2v) is 9.08. The Morgan fingerprint density at radius 3 is 2.39 bits per heavy atom. The van der Waals surface area contributed by atoms with Crippen LogP contribution in [0.3, 0.4) is 0 Å². The third kappa shape index (κ3) is 2.34. The van der Waals surface area contributed by atoms with E-state index in [0.717, 1.165) is 27.0 Å². The number of methoxy groups -OCH3 is 1. The molecular formula is C21H21IN2O4. The van der Waals surface area contributed by atoms with Gasteiger partial charge in [-0.25, -0.2) is 0 Å². The van der Waals surface area contributed by atoms with Crippen LogP contribution in [0.15, 0.2) is 29.4 Å². The second-order valence-electron chi connectivity index (χ2n) is 7.92. The van der Waals surface area contributed by atoms with Crippen LogP contribution >= 0.6 is 22.6 Å². The second kappa shape index (κ2) is 6.30. The van der Waals surface area contributed by atoms with Gasteiger partial charge in [0.15, 0.2) is 11.5 Å². The molecule has 7 heteroatoms. The number of allylic oxidation sites excluding steroid dienone is 2. The third-order valence-electron chi connectivity index (χ3n) is 6.69. The highest BCUT2D eigenvalue weighted by molar-refractivity contribution is 14.1. The van der Waals surface area contributed by atoms with Crippen LogP contribution in [0.1, 0.15) is 25.3 Å². The fourth-order valence-electron chi connectivity index (χ4n) is 5.42. The number of benzene rings is 1. The summed E-state index contributed by atoms with van der Waals surface area (Å²) in [6, 6.07) is 3.70. The quantitative estimate of drug-likeness (QED) is 0.274. The standard InChI is InChI=1S/C21H21IN2O4/c1-3-28-15-9-11(8-14(22)18(15)27-2)10-23-24-19(25)16-12-4-5-13(17(16)20(24)26)21(12)6-7-21/h4-5,8-10,12-13,16-17H,3,6-7H2,1-2H3/b23-10-/t12-,13-,16-,17+/m1/s1. The Balaban J connectivity index is 1.41. The fourth-order valence-corrected chi connectivity index (χ4v) is 6.27. The number of carbonyl (C=O) groups excluding carboxylic acids is 2. The van der Waals surface area contributed by atoms with E-state index in [4.69, 9.17) is 9.47 Å². The van der Waals surface area contributed by atoms with E-state index in [9.17, 15) is 9.59 Å². The molecule has 28 heavy (non-hydrogen) atoms. The molecule has 0 N–H and O–H groups in total. The molecule has 0 radical (unpaired) electrons. The van der Waals surface area contributed by atoms with E-state index in [1.54, 1.807) is 13.3 Å². The summed E-state index contributed by atoms with van der Waals surface area (Å²) in [6.45, 7) is 2.42. The zero-order chi connectivity index (χ0) is 19.6. The van der Waals surface area contributed by atoms with Crippen LogP contribution in [0.5, 0.6) is 11.5 Å². The molecule has 1 aromatic rings. The Morgan fingerprint density at radius 1 is 1.21 bits per heavy atom. The summed E-state index contributed by atoms with van der Waals surface area (Å²) < 4.78 is 11.9. The Labute approximate surface area is 177 Å². The van der Waals surface area contributed by atoms with Gasteiger partial charge in [-0.1, -0.05) is 12.2 Å². The van der Waals surface area contributed by atoms with Gasteiger partial charge in [-0.3, -0.25) is 9.59 Å². The maximum absolute atomic E-state index is 13.0. The van der Waals surface area contributed by atoms with Gasteiger partial charge in [0, 0.05) is 0 Å². The highest BCUT2D eigenvalue weighted by Crippen LogP contribution is 2.73. The Morgan fingerprint density at radius 2 is 1.86 bits per heavy atom. The van der Waals surface area contributed by atoms with Crippen LogP contribution in [0.4, 0.5) is 0 Å². The number of fused-ring (bicyclic) bond motifs is 3. The van der Waals surface area contributed by atoms with Gasteiger partial charge in [0.1, 0.15) is 0 Å². The van der Waals surface area contributed by atoms with E-state index in [2.05, 4.69) is 39.8 Å². The van der Waals surface area contributed by atoms with Gasteiger partial charge in [0.2, 0.25) is 0 Å². The van der Waals surface area contributed by atoms with Crippen molar-refractivity contribution < 1.29 is 19.1 Å². The number of hydrogen-bond acceptors (Lipinski definition) is 5. The molecular weight excluding hydrogens is 471 g/mol. The van der Waals surface area contributed by atoms with Crippen molar-refractivity contribution in [2.24, 2.45) is 34.2 Å². The third-order valence-corrected chi connectivity index (χ3v) is 7.49. The first-order valence-corrected chi connectivity index (χ1v) is 10.7. The Bertz CT molecular complexity index is 903. The molecule has 3 fully saturated rings. The lowest BCUT2D eigenvalue weighted by molar-refractivity contribution is -0.141. The van der Waals surface area contributed by atoms with E-state index in [-0.39, 0.29) is 40.9 Å². The molecule has 0 aromatic heterocycles. The van der Waals surface area contributed by atoms with Gasteiger partial charge in [-0.2, -0.15) is 10.1 Å². The Kier molecular flexibility index (Phi) is 4.08. The van der Waals surface area contributed by atoms with Crippen molar-refractivity contribution >= 4 is 40.6 Å². The summed E-state index contributed by atoms with van der Waals surface area (Å²) in [7, 11) is 1.60. The number of halogens is 1. The first-order valence-electron chi connectivity index (χ1n) is 9.62. The lowest BCUT2D eigenvalue weighted by Crippen LogP contribution is -2.30. The minimum atomic E-state index is -0.225. The lowest BCUT2D eigenvalue weighted by Gasteiger charge is -2.18. The number of hydrogen-bond donors (Lipinski definition) is 0. The van der Waals surface area contributed by atoms with Crippen molar-refractivity contribution in [1.82, 2.24) is 5.01 Å². The largest absolute Gasteiger partial charge is 0.492 e. The van der Waals surface area contributed by atoms with Crippen molar-refractivity contribution in [3.8, 4) is 11.5 Å². The van der Waals surface area contributed by atoms with Crippen LogP contribution in [-0.2, 0) is 9.59 Å². The van der Waals surface area contributed by atoms with E-state index in [0.29, 0.717) is 18.1 Å². The molecule has 0 unspecified atom stereocenters. The molecule has 2 saturated carbocycles. The SMILES string of the molecule is CCOc1cc(/C=N\N2C(=O)[C@@H]3[C@H](C2=O)[C@H]2C=C[C@H]3C23CC3)cc(I)c1OC. The smallest absolute Gasteiger partial charge is 0.254 e. The number of imide groups is 1. The van der Waals surface area contributed by atoms with Crippen LogP contribution in [-0.4, -0.2) is 36.8 Å². The molecule has 1 saturated heterocycles. The van der Waals surface area contributed by atoms with Gasteiger partial charge in [0.05, 0.1) is 35.3 Å². The zero-order valence-corrected chi connectivity index (χ0v) is 17.9. The molecule has 1 spiro atoms. The average molecular weight is 492 g/mol. The number of hydrazone groups is 1. The van der Waals surface area contributed by atoms with E-state index in [1.807, 2.05) is 19.1 Å². The Hall–Kier alpha value is -1.90. The topological polar surface area (TPSA) is 68.2 Å². The summed E-state index contributed by atoms with van der Waals surface area (Å²) >= 11 is 2.17. The van der Waals surface area contributed by atoms with Gasteiger partial charge >= 0.3 is 0 Å². The summed E-state index contributed by atoms with van der Waals surface area (Å²) in [6.07, 6.45) is 8.16. The summed E-state index contributed by atoms with van der Waals surface area (Å²) in [4.78, 5) is 25.9. The van der Waals surface area contributed by atoms with Gasteiger partial charge in [-0.15, -0.1) is 0 Å². The number of amides is 2. The number of nitrogens with zero attached hydrogens (tertiary/aromatic N) is 2. The molecule has 2 bridgehead atoms. The van der Waals surface area contributed by atoms with Crippen molar-refractivity contribution in [2.75, 3.05) is 13.7 Å². The number of carbonyl (C=O) groups is 2. The predicted molar refractivity (Wildman–Crippen MR) is 111 cm³/mol. The summed E-state index contributed by atoms with van der Waals surface area (Å²) in [5.41, 5.74) is 0.959. The van der Waals surface area contributed by atoms with Crippen LogP contribution in [0.2, 0.25) is 0 Å². The highest BCUT2D eigenvalue weighted by atomic mass is 127. The molecule has 5 rings (SSSR count). The van der Waals surface area contributed by atoms with Crippen LogP contribution in [0, 0.1) is 32.7 Å². The van der Waals surface area contributed by atoms with Crippen LogP contribution in [0.25, 0.3) is 0 Å². The van der Waals surface area contributed by atoms with E-state index in [1.165, 1.54) is 0 Å². The normalized spacial score (nSPS) is 31.3. The van der Waals surface area contributed by atoms with Gasteiger partial charge < -0.3 is 9.47 Å². The van der Waals surface area contributed by atoms with Crippen molar-refractivity contribution in [2.45, 2.75) is 19.8 Å². The number of rotatable bonds is 5.